The molecule has 168 valence electrons. The fourth-order valence-corrected chi connectivity index (χ4v) is 5.49. The Hall–Kier alpha value is -1.27. The normalized spacial score (nSPS) is 25.7. The zero-order valence-corrected chi connectivity index (χ0v) is 18.0. The molecule has 3 atom stereocenters. The number of hydrogen-bond acceptors (Lipinski definition) is 2. The molecule has 2 fully saturated rings. The molecule has 2 aliphatic carbocycles. The van der Waals surface area contributed by atoms with Gasteiger partial charge in [0, 0.05) is 30.6 Å². The lowest BCUT2D eigenvalue weighted by molar-refractivity contribution is -0.141. The van der Waals surface area contributed by atoms with E-state index in [0.717, 1.165) is 44.1 Å². The summed E-state index contributed by atoms with van der Waals surface area (Å²) in [5.74, 6) is -0.278. The monoisotopic (exact) mass is 445 g/mol. The third-order valence-corrected chi connectivity index (χ3v) is 7.05. The second kappa shape index (κ2) is 10.4. The fourth-order valence-electron chi connectivity index (χ4n) is 5.37. The van der Waals surface area contributed by atoms with Crippen LogP contribution in [0.1, 0.15) is 69.3 Å². The summed E-state index contributed by atoms with van der Waals surface area (Å²) in [7, 11) is 0. The van der Waals surface area contributed by atoms with Gasteiger partial charge in [-0.15, -0.1) is 0 Å². The van der Waals surface area contributed by atoms with Crippen LogP contribution in [0, 0.1) is 11.8 Å². The molecule has 1 aromatic rings. The summed E-state index contributed by atoms with van der Waals surface area (Å²) >= 11 is 6.05. The molecule has 0 saturated heterocycles. The van der Waals surface area contributed by atoms with E-state index in [-0.39, 0.29) is 30.8 Å². The Labute approximate surface area is 181 Å². The van der Waals surface area contributed by atoms with Crippen molar-refractivity contribution in [2.75, 3.05) is 13.1 Å². The van der Waals surface area contributed by atoms with Crippen LogP contribution in [-0.2, 0) is 4.79 Å². The average Bonchev–Trinajstić information content (AvgIpc) is 3.18. The van der Waals surface area contributed by atoms with E-state index in [9.17, 15) is 23.1 Å². The second-order valence-corrected chi connectivity index (χ2v) is 9.45. The highest BCUT2D eigenvalue weighted by Crippen LogP contribution is 2.42. The van der Waals surface area contributed by atoms with E-state index in [0.29, 0.717) is 23.9 Å². The summed E-state index contributed by atoms with van der Waals surface area (Å²) in [4.78, 5) is 13.3. The lowest BCUT2D eigenvalue weighted by Crippen LogP contribution is -2.46. The van der Waals surface area contributed by atoms with Crippen LogP contribution in [0.5, 0.6) is 0 Å². The molecule has 0 heterocycles. The van der Waals surface area contributed by atoms with Crippen LogP contribution in [0.4, 0.5) is 13.2 Å². The summed E-state index contributed by atoms with van der Waals surface area (Å²) in [5.41, 5.74) is 1.04. The first-order valence-electron chi connectivity index (χ1n) is 11.0. The third-order valence-electron chi connectivity index (χ3n) is 6.80. The Morgan fingerprint density at radius 2 is 1.73 bits per heavy atom. The summed E-state index contributed by atoms with van der Waals surface area (Å²) in [6, 6.07) is 7.51. The quantitative estimate of drug-likeness (QED) is 0.495. The van der Waals surface area contributed by atoms with Crippen molar-refractivity contribution in [2.24, 2.45) is 11.8 Å². The van der Waals surface area contributed by atoms with E-state index >= 15 is 0 Å². The topological polar surface area (TPSA) is 40.5 Å². The molecule has 30 heavy (non-hydrogen) atoms. The zero-order chi connectivity index (χ0) is 21.7. The minimum absolute atomic E-state index is 0.000768. The molecule has 0 aliphatic heterocycles. The van der Waals surface area contributed by atoms with Crippen molar-refractivity contribution in [1.29, 1.82) is 0 Å². The van der Waals surface area contributed by atoms with Crippen LogP contribution in [0.3, 0.4) is 0 Å². The molecule has 0 spiro atoms. The fraction of sp³-hybridized carbons (Fsp3) is 0.696. The number of carboxylic acids is 1. The maximum atomic E-state index is 13.1. The predicted molar refractivity (Wildman–Crippen MR) is 112 cm³/mol. The van der Waals surface area contributed by atoms with Crippen LogP contribution in [0.25, 0.3) is 0 Å². The molecule has 7 heteroatoms. The van der Waals surface area contributed by atoms with Crippen molar-refractivity contribution < 1.29 is 23.1 Å². The first-order valence-corrected chi connectivity index (χ1v) is 11.4. The lowest BCUT2D eigenvalue weighted by atomic mass is 9.73. The number of halogens is 4. The SMILES string of the molecule is O=C(O)CC1CCC(N(CCC(F)(F)F)CC2CCCC2)C(c2ccc(Cl)cc2)C1. The van der Waals surface area contributed by atoms with Gasteiger partial charge in [0.2, 0.25) is 0 Å². The minimum Gasteiger partial charge on any atom is -0.481 e. The summed E-state index contributed by atoms with van der Waals surface area (Å²) in [6.45, 7) is 0.715. The largest absolute Gasteiger partial charge is 0.481 e. The molecule has 1 N–H and O–H groups in total. The number of rotatable bonds is 8. The molecule has 3 nitrogen and oxygen atoms in total. The van der Waals surface area contributed by atoms with Gasteiger partial charge in [0.25, 0.3) is 0 Å². The van der Waals surface area contributed by atoms with Crippen molar-refractivity contribution in [2.45, 2.75) is 75.9 Å². The number of nitrogens with zero attached hydrogens (tertiary/aromatic N) is 1. The van der Waals surface area contributed by atoms with E-state index in [4.69, 9.17) is 11.6 Å². The smallest absolute Gasteiger partial charge is 0.390 e. The van der Waals surface area contributed by atoms with Crippen LogP contribution >= 0.6 is 11.6 Å². The number of carboxylic acid groups (broad SMARTS) is 1. The Balaban J connectivity index is 1.82. The molecule has 1 aromatic carbocycles. The molecule has 2 aliphatic rings. The molecule has 0 bridgehead atoms. The highest BCUT2D eigenvalue weighted by Gasteiger charge is 2.38. The number of hydrogen-bond donors (Lipinski definition) is 1. The van der Waals surface area contributed by atoms with E-state index in [2.05, 4.69) is 4.90 Å². The van der Waals surface area contributed by atoms with Crippen molar-refractivity contribution in [3.63, 3.8) is 0 Å². The molecule has 3 rings (SSSR count). The molecule has 0 aromatic heterocycles. The molecular weight excluding hydrogens is 415 g/mol. The summed E-state index contributed by atoms with van der Waals surface area (Å²) in [6.07, 6.45) is 1.78. The van der Waals surface area contributed by atoms with Crippen molar-refractivity contribution in [3.05, 3.63) is 34.9 Å². The Bertz CT molecular complexity index is 689. The number of aliphatic carboxylic acids is 1. The van der Waals surface area contributed by atoms with E-state index in [1.54, 1.807) is 0 Å². The van der Waals surface area contributed by atoms with Gasteiger partial charge in [-0.1, -0.05) is 36.6 Å². The van der Waals surface area contributed by atoms with Gasteiger partial charge in [-0.05, 0) is 67.6 Å². The number of alkyl halides is 3. The standard InChI is InChI=1S/C23H31ClF3NO2/c24-19-8-6-18(7-9-19)20-13-17(14-22(29)30)5-10-21(20)28(12-11-23(25,26)27)15-16-3-1-2-4-16/h6-9,16-17,20-21H,1-5,10-15H2,(H,29,30). The Morgan fingerprint density at radius 3 is 2.33 bits per heavy atom. The van der Waals surface area contributed by atoms with Crippen LogP contribution in [0.2, 0.25) is 5.02 Å². The van der Waals surface area contributed by atoms with E-state index in [1.807, 2.05) is 24.3 Å². The van der Waals surface area contributed by atoms with Crippen LogP contribution in [0.15, 0.2) is 24.3 Å². The van der Waals surface area contributed by atoms with Gasteiger partial charge in [-0.25, -0.2) is 0 Å². The Morgan fingerprint density at radius 1 is 1.07 bits per heavy atom. The highest BCUT2D eigenvalue weighted by atomic mass is 35.5. The van der Waals surface area contributed by atoms with Crippen molar-refractivity contribution in [1.82, 2.24) is 4.90 Å². The molecule has 0 amide bonds. The maximum Gasteiger partial charge on any atom is 0.390 e. The molecule has 3 unspecified atom stereocenters. The minimum atomic E-state index is -4.18. The van der Waals surface area contributed by atoms with Gasteiger partial charge in [-0.2, -0.15) is 13.2 Å². The summed E-state index contributed by atoms with van der Waals surface area (Å²) in [5, 5.41) is 9.86. The molecule has 0 radical (unpaired) electrons. The predicted octanol–water partition coefficient (Wildman–Crippen LogP) is 6.51. The number of carbonyl (C=O) groups is 1. The maximum absolute atomic E-state index is 13.1. The molecular formula is C23H31ClF3NO2. The Kier molecular flexibility index (Phi) is 8.08. The van der Waals surface area contributed by atoms with Gasteiger partial charge in [0.05, 0.1) is 6.42 Å². The second-order valence-electron chi connectivity index (χ2n) is 9.01. The average molecular weight is 446 g/mol. The highest BCUT2D eigenvalue weighted by molar-refractivity contribution is 6.30. The van der Waals surface area contributed by atoms with Gasteiger partial charge in [0.1, 0.15) is 0 Å². The van der Waals surface area contributed by atoms with Crippen molar-refractivity contribution in [3.8, 4) is 0 Å². The van der Waals surface area contributed by atoms with Gasteiger partial charge >= 0.3 is 12.1 Å². The number of benzene rings is 1. The van der Waals surface area contributed by atoms with Gasteiger partial charge in [-0.3, -0.25) is 9.69 Å². The third kappa shape index (κ3) is 6.88. The van der Waals surface area contributed by atoms with E-state index < -0.39 is 18.6 Å². The first-order chi connectivity index (χ1) is 14.2. The summed E-state index contributed by atoms with van der Waals surface area (Å²) < 4.78 is 39.2. The van der Waals surface area contributed by atoms with Crippen molar-refractivity contribution >= 4 is 17.6 Å². The van der Waals surface area contributed by atoms with Crippen LogP contribution in [-0.4, -0.2) is 41.3 Å². The van der Waals surface area contributed by atoms with Gasteiger partial charge < -0.3 is 5.11 Å². The molecule has 2 saturated carbocycles. The first kappa shape index (κ1) is 23.4. The van der Waals surface area contributed by atoms with Gasteiger partial charge in [0.15, 0.2) is 0 Å². The zero-order valence-electron chi connectivity index (χ0n) is 17.2. The van der Waals surface area contributed by atoms with E-state index in [1.165, 1.54) is 0 Å². The van der Waals surface area contributed by atoms with Crippen LogP contribution < -0.4 is 0 Å². The lowest BCUT2D eigenvalue weighted by Gasteiger charge is -2.44.